The highest BCUT2D eigenvalue weighted by atomic mass is 31.2. The predicted molar refractivity (Wildman–Crippen MR) is 115 cm³/mol. The third-order valence-electron chi connectivity index (χ3n) is 4.64. The Labute approximate surface area is 193 Å². The Morgan fingerprint density at radius 2 is 1.74 bits per heavy atom. The van der Waals surface area contributed by atoms with Gasteiger partial charge >= 0.3 is 25.4 Å². The van der Waals surface area contributed by atoms with Crippen LogP contribution in [0.5, 0.6) is 0 Å². The molecule has 0 aliphatic carbocycles. The molecule has 0 radical (unpaired) electrons. The summed E-state index contributed by atoms with van der Waals surface area (Å²) in [6, 6.07) is 1.41. The molecule has 1 aromatic heterocycles. The Morgan fingerprint density at radius 1 is 1.24 bits per heavy atom. The van der Waals surface area contributed by atoms with Gasteiger partial charge in [0.15, 0.2) is 0 Å². The standard InChI is InChI=1S/C17H26N4O8.H4NO3P/c18-11-5-8-21(17(28)19-11)12-9-10(22)15(29-12)16(27)20(6-1-3-13(23)24)7-2-4-14(25)26;1-5(2,3)4/h5,8,10,12,15-16,22,27H,1-4,6-7,9H2,(H,23,24)(H,25,26)(H2,18,19,28);(H4,1,2,3,4)/t10-,12+,15-,16?;/m0./s1. The Bertz CT molecular complexity index is 895. The quantitative estimate of drug-likeness (QED) is 0.116. The fourth-order valence-electron chi connectivity index (χ4n) is 3.21. The molecule has 2 heterocycles. The van der Waals surface area contributed by atoms with Gasteiger partial charge in [0.25, 0.3) is 0 Å². The molecule has 0 bridgehead atoms. The van der Waals surface area contributed by atoms with E-state index in [0.717, 1.165) is 4.57 Å². The number of ether oxygens (including phenoxy) is 1. The molecular weight excluding hydrogens is 481 g/mol. The number of nitrogens with two attached hydrogens (primary N) is 2. The molecule has 1 aromatic rings. The topological polar surface area (TPSA) is 272 Å². The minimum absolute atomic E-state index is 0.0331. The number of hydrogen-bond donors (Lipinski definition) is 8. The number of carboxylic acid groups (broad SMARTS) is 2. The third kappa shape index (κ3) is 11.1. The van der Waals surface area contributed by atoms with Gasteiger partial charge in [0.1, 0.15) is 24.4 Å². The maximum absolute atomic E-state index is 12.0. The van der Waals surface area contributed by atoms with Crippen molar-refractivity contribution in [1.29, 1.82) is 0 Å². The Kier molecular flexibility index (Phi) is 11.7. The van der Waals surface area contributed by atoms with E-state index in [4.69, 9.17) is 35.0 Å². The van der Waals surface area contributed by atoms with Crippen molar-refractivity contribution in [2.45, 2.75) is 56.8 Å². The van der Waals surface area contributed by atoms with Crippen LogP contribution in [0.2, 0.25) is 0 Å². The molecule has 0 saturated carbocycles. The van der Waals surface area contributed by atoms with E-state index >= 15 is 0 Å². The monoisotopic (exact) mass is 511 g/mol. The smallest absolute Gasteiger partial charge is 0.397 e. The molecule has 10 N–H and O–H groups in total. The Balaban J connectivity index is 0.00000104. The van der Waals surface area contributed by atoms with Crippen molar-refractivity contribution in [3.8, 4) is 0 Å². The van der Waals surface area contributed by atoms with Gasteiger partial charge in [-0.1, -0.05) is 0 Å². The van der Waals surface area contributed by atoms with Crippen LogP contribution in [0, 0.1) is 0 Å². The molecule has 1 unspecified atom stereocenters. The molecule has 34 heavy (non-hydrogen) atoms. The van der Waals surface area contributed by atoms with Gasteiger partial charge in [-0.05, 0) is 18.9 Å². The summed E-state index contributed by atoms with van der Waals surface area (Å²) >= 11 is 0. The average molecular weight is 511 g/mol. The highest BCUT2D eigenvalue weighted by Crippen LogP contribution is 2.30. The number of nitrogen functional groups attached to an aromatic ring is 1. The zero-order valence-corrected chi connectivity index (χ0v) is 19.0. The largest absolute Gasteiger partial charge is 0.481 e. The number of aliphatic hydroxyl groups is 2. The van der Waals surface area contributed by atoms with Crippen LogP contribution < -0.4 is 16.9 Å². The van der Waals surface area contributed by atoms with Gasteiger partial charge in [0.2, 0.25) is 0 Å². The normalized spacial score (nSPS) is 21.1. The van der Waals surface area contributed by atoms with E-state index in [-0.39, 0.29) is 51.0 Å². The van der Waals surface area contributed by atoms with Gasteiger partial charge in [-0.2, -0.15) is 4.98 Å². The fourth-order valence-corrected chi connectivity index (χ4v) is 3.21. The molecule has 194 valence electrons. The molecule has 1 fully saturated rings. The lowest BCUT2D eigenvalue weighted by Crippen LogP contribution is -2.48. The lowest BCUT2D eigenvalue weighted by molar-refractivity contribution is -0.144. The molecule has 1 saturated heterocycles. The summed E-state index contributed by atoms with van der Waals surface area (Å²) in [5.41, 5.74) is 8.82. The zero-order valence-electron chi connectivity index (χ0n) is 18.1. The van der Waals surface area contributed by atoms with E-state index in [1.807, 2.05) is 0 Å². The van der Waals surface area contributed by atoms with Crippen molar-refractivity contribution in [2.24, 2.45) is 5.50 Å². The summed E-state index contributed by atoms with van der Waals surface area (Å²) in [4.78, 5) is 53.4. The number of carbonyl (C=O) groups is 2. The number of nitrogens with zero attached hydrogens (tertiary/aromatic N) is 3. The molecule has 4 atom stereocenters. The summed E-state index contributed by atoms with van der Waals surface area (Å²) in [6.45, 7) is 0.349. The summed E-state index contributed by atoms with van der Waals surface area (Å²) in [6.07, 6.45) is -2.70. The maximum atomic E-state index is 12.0. The first-order valence-corrected chi connectivity index (χ1v) is 11.7. The number of carboxylic acids is 2. The van der Waals surface area contributed by atoms with Crippen molar-refractivity contribution in [1.82, 2.24) is 14.5 Å². The second-order valence-electron chi connectivity index (χ2n) is 7.43. The average Bonchev–Trinajstić information content (AvgIpc) is 3.05. The molecule has 0 amide bonds. The second kappa shape index (κ2) is 13.5. The van der Waals surface area contributed by atoms with Gasteiger partial charge in [-0.3, -0.25) is 19.1 Å². The summed E-state index contributed by atoms with van der Waals surface area (Å²) in [5.74, 6) is -1.93. The first-order valence-electron chi connectivity index (χ1n) is 10.1. The third-order valence-corrected chi connectivity index (χ3v) is 4.64. The Morgan fingerprint density at radius 3 is 2.18 bits per heavy atom. The number of anilines is 1. The second-order valence-corrected chi connectivity index (χ2v) is 8.61. The number of rotatable bonds is 11. The molecule has 0 spiro atoms. The SMILES string of the molecule is NP(=O)(O)O.Nc1ccn([C@H]2C[C@H](O)[C@@H](C(O)N(CCCC(=O)O)CCCC(=O)O)O2)c(=O)n1. The van der Waals surface area contributed by atoms with Gasteiger partial charge in [-0.25, -0.2) is 14.9 Å². The van der Waals surface area contributed by atoms with Crippen LogP contribution >= 0.6 is 7.75 Å². The van der Waals surface area contributed by atoms with Crippen molar-refractivity contribution >= 4 is 25.5 Å². The van der Waals surface area contributed by atoms with E-state index in [2.05, 4.69) is 10.5 Å². The van der Waals surface area contributed by atoms with E-state index in [1.54, 1.807) is 0 Å². The molecule has 17 heteroatoms. The van der Waals surface area contributed by atoms with Crippen LogP contribution in [0.25, 0.3) is 0 Å². The van der Waals surface area contributed by atoms with Crippen LogP contribution in [-0.4, -0.2) is 88.1 Å². The van der Waals surface area contributed by atoms with Crippen LogP contribution in [0.1, 0.15) is 38.3 Å². The van der Waals surface area contributed by atoms with Crippen molar-refractivity contribution in [3.05, 3.63) is 22.7 Å². The van der Waals surface area contributed by atoms with Crippen LogP contribution in [0.15, 0.2) is 17.1 Å². The molecule has 1 aliphatic heterocycles. The van der Waals surface area contributed by atoms with Crippen LogP contribution in [0.4, 0.5) is 5.82 Å². The number of hydrogen-bond acceptors (Lipinski definition) is 10. The molecule has 0 aromatic carbocycles. The molecule has 16 nitrogen and oxygen atoms in total. The van der Waals surface area contributed by atoms with Crippen LogP contribution in [0.3, 0.4) is 0 Å². The first-order chi connectivity index (χ1) is 15.7. The number of aromatic nitrogens is 2. The van der Waals surface area contributed by atoms with Crippen molar-refractivity contribution in [2.75, 3.05) is 18.8 Å². The van der Waals surface area contributed by atoms with E-state index in [9.17, 15) is 24.6 Å². The summed E-state index contributed by atoms with van der Waals surface area (Å²) in [7, 11) is -4.14. The number of aliphatic carboxylic acids is 2. The van der Waals surface area contributed by atoms with Crippen molar-refractivity contribution < 1.29 is 49.1 Å². The van der Waals surface area contributed by atoms with Gasteiger partial charge in [0.05, 0.1) is 6.10 Å². The molecule has 2 rings (SSSR count). The predicted octanol–water partition coefficient (Wildman–Crippen LogP) is -2.14. The first kappa shape index (κ1) is 29.6. The van der Waals surface area contributed by atoms with Gasteiger partial charge < -0.3 is 40.7 Å². The van der Waals surface area contributed by atoms with Crippen molar-refractivity contribution in [3.63, 3.8) is 0 Å². The lowest BCUT2D eigenvalue weighted by Gasteiger charge is -2.32. The minimum atomic E-state index is -4.14. The molecule has 1 aliphatic rings. The fraction of sp³-hybridized carbons (Fsp3) is 0.647. The Hall–Kier alpha value is -2.43. The zero-order chi connectivity index (χ0) is 26.1. The highest BCUT2D eigenvalue weighted by molar-refractivity contribution is 7.49. The maximum Gasteiger partial charge on any atom is 0.397 e. The van der Waals surface area contributed by atoms with E-state index in [0.29, 0.717) is 0 Å². The minimum Gasteiger partial charge on any atom is -0.481 e. The van der Waals surface area contributed by atoms with E-state index in [1.165, 1.54) is 17.2 Å². The van der Waals surface area contributed by atoms with Crippen LogP contribution in [-0.2, 0) is 18.9 Å². The summed E-state index contributed by atoms with van der Waals surface area (Å²) < 4.78 is 15.9. The number of aliphatic hydroxyl groups excluding tert-OH is 2. The lowest BCUT2D eigenvalue weighted by atomic mass is 10.1. The molecular formula is C17H30N5O11P. The summed E-state index contributed by atoms with van der Waals surface area (Å²) in [5, 5.41) is 38.7. The highest BCUT2D eigenvalue weighted by Gasteiger charge is 2.41. The van der Waals surface area contributed by atoms with Gasteiger partial charge in [0, 0.05) is 38.5 Å². The van der Waals surface area contributed by atoms with Gasteiger partial charge in [-0.15, -0.1) is 0 Å². The van der Waals surface area contributed by atoms with E-state index < -0.39 is 50.0 Å².